The topological polar surface area (TPSA) is 113 Å². The number of aliphatic hydroxyl groups excluding tert-OH is 1. The second-order valence-corrected chi connectivity index (χ2v) is 5.42. The van der Waals surface area contributed by atoms with E-state index in [-0.39, 0.29) is 18.1 Å². The van der Waals surface area contributed by atoms with Crippen molar-refractivity contribution in [3.8, 4) is 0 Å². The van der Waals surface area contributed by atoms with Gasteiger partial charge < -0.3 is 24.7 Å². The molecule has 0 aliphatic heterocycles. The number of nitrogens with zero attached hydrogens (tertiary/aromatic N) is 2. The summed E-state index contributed by atoms with van der Waals surface area (Å²) in [6.07, 6.45) is 1.72. The third-order valence-corrected chi connectivity index (χ3v) is 3.39. The molecule has 8 nitrogen and oxygen atoms in total. The Morgan fingerprint density at radius 3 is 2.78 bits per heavy atom. The number of furan rings is 1. The smallest absolute Gasteiger partial charge is 0.315 e. The Hall–Kier alpha value is -2.35. The highest BCUT2D eigenvalue weighted by molar-refractivity contribution is 5.74. The molecule has 0 spiro atoms. The summed E-state index contributed by atoms with van der Waals surface area (Å²) in [5.74, 6) is 1.38. The van der Waals surface area contributed by atoms with Gasteiger partial charge in [0.2, 0.25) is 5.89 Å². The Morgan fingerprint density at radius 1 is 1.43 bits per heavy atom. The maximum Gasteiger partial charge on any atom is 0.315 e. The van der Waals surface area contributed by atoms with Crippen LogP contribution in [0.2, 0.25) is 0 Å². The van der Waals surface area contributed by atoms with Crippen molar-refractivity contribution in [3.05, 3.63) is 35.9 Å². The first-order chi connectivity index (χ1) is 11.0. The van der Waals surface area contributed by atoms with Gasteiger partial charge >= 0.3 is 6.03 Å². The van der Waals surface area contributed by atoms with Gasteiger partial charge in [0.15, 0.2) is 5.82 Å². The molecule has 0 bridgehead atoms. The van der Waals surface area contributed by atoms with Crippen LogP contribution in [0.5, 0.6) is 0 Å². The lowest BCUT2D eigenvalue weighted by molar-refractivity contribution is 0.129. The normalized spacial score (nSPS) is 15.0. The molecule has 0 saturated heterocycles. The number of carbonyl (C=O) groups excluding carboxylic acids is 1. The van der Waals surface area contributed by atoms with E-state index in [1.54, 1.807) is 19.1 Å². The molecule has 23 heavy (non-hydrogen) atoms. The fourth-order valence-corrected chi connectivity index (χ4v) is 2.22. The Bertz CT molecular complexity index is 611. The van der Waals surface area contributed by atoms with E-state index in [4.69, 9.17) is 8.94 Å². The average Bonchev–Trinajstić information content (AvgIpc) is 3.15. The van der Waals surface area contributed by atoms with E-state index >= 15 is 0 Å². The largest absolute Gasteiger partial charge is 0.467 e. The van der Waals surface area contributed by atoms with E-state index in [2.05, 4.69) is 20.8 Å². The minimum absolute atomic E-state index is 0.236. The van der Waals surface area contributed by atoms with Crippen LogP contribution in [0.3, 0.4) is 0 Å². The van der Waals surface area contributed by atoms with Gasteiger partial charge in [0.05, 0.1) is 12.3 Å². The third-order valence-electron chi connectivity index (χ3n) is 3.39. The van der Waals surface area contributed by atoms with E-state index in [9.17, 15) is 9.90 Å². The van der Waals surface area contributed by atoms with E-state index in [0.29, 0.717) is 30.3 Å². The lowest BCUT2D eigenvalue weighted by Gasteiger charge is -2.19. The van der Waals surface area contributed by atoms with Gasteiger partial charge in [-0.1, -0.05) is 12.1 Å². The van der Waals surface area contributed by atoms with Gasteiger partial charge in [-0.15, -0.1) is 0 Å². The number of nitrogens with one attached hydrogen (secondary N) is 2. The minimum atomic E-state index is -0.762. The minimum Gasteiger partial charge on any atom is -0.467 e. The number of aryl methyl sites for hydroxylation is 1. The summed E-state index contributed by atoms with van der Waals surface area (Å²) in [5, 5.41) is 19.4. The van der Waals surface area contributed by atoms with Crippen LogP contribution < -0.4 is 10.6 Å². The Labute approximate surface area is 134 Å². The number of aliphatic hydroxyl groups is 1. The van der Waals surface area contributed by atoms with Crippen LogP contribution >= 0.6 is 0 Å². The first-order valence-electron chi connectivity index (χ1n) is 7.58. The van der Waals surface area contributed by atoms with Gasteiger partial charge in [-0.2, -0.15) is 4.98 Å². The molecule has 0 fully saturated rings. The van der Waals surface area contributed by atoms with E-state index < -0.39 is 6.10 Å². The second-order valence-electron chi connectivity index (χ2n) is 5.42. The second kappa shape index (κ2) is 7.77. The van der Waals surface area contributed by atoms with E-state index in [0.717, 1.165) is 0 Å². The molecule has 3 atom stereocenters. The van der Waals surface area contributed by atoms with Crippen LogP contribution in [0.25, 0.3) is 0 Å². The zero-order valence-corrected chi connectivity index (χ0v) is 13.4. The maximum absolute atomic E-state index is 12.1. The van der Waals surface area contributed by atoms with Crippen LogP contribution in [0.1, 0.15) is 56.3 Å². The van der Waals surface area contributed by atoms with Crippen molar-refractivity contribution in [1.82, 2.24) is 20.8 Å². The maximum atomic E-state index is 12.1. The zero-order chi connectivity index (χ0) is 16.8. The van der Waals surface area contributed by atoms with Crippen LogP contribution in [0.4, 0.5) is 4.79 Å². The van der Waals surface area contributed by atoms with E-state index in [1.807, 2.05) is 13.8 Å². The first-order valence-corrected chi connectivity index (χ1v) is 7.58. The number of carbonyl (C=O) groups is 1. The van der Waals surface area contributed by atoms with Crippen LogP contribution in [-0.2, 0) is 0 Å². The highest BCUT2D eigenvalue weighted by Gasteiger charge is 2.20. The molecule has 8 heteroatoms. The van der Waals surface area contributed by atoms with Crippen molar-refractivity contribution >= 4 is 6.03 Å². The molecule has 126 valence electrons. The fraction of sp³-hybridized carbons (Fsp3) is 0.533. The summed E-state index contributed by atoms with van der Waals surface area (Å²) in [6.45, 7) is 5.42. The van der Waals surface area contributed by atoms with Crippen LogP contribution in [-0.4, -0.2) is 27.3 Å². The van der Waals surface area contributed by atoms with Crippen molar-refractivity contribution in [2.75, 3.05) is 0 Å². The molecule has 2 amide bonds. The van der Waals surface area contributed by atoms with Crippen molar-refractivity contribution in [3.63, 3.8) is 0 Å². The first kappa shape index (κ1) is 17.0. The van der Waals surface area contributed by atoms with Gasteiger partial charge in [0.25, 0.3) is 0 Å². The predicted octanol–water partition coefficient (Wildman–Crippen LogP) is 2.23. The molecule has 0 aliphatic rings. The van der Waals surface area contributed by atoms with Gasteiger partial charge in [-0.3, -0.25) is 0 Å². The van der Waals surface area contributed by atoms with Gasteiger partial charge in [0.1, 0.15) is 11.9 Å². The SMILES string of the molecule is CCC(NC(=O)NC(C)CC(O)c1ccco1)c1noc(C)n1. The fourth-order valence-electron chi connectivity index (χ4n) is 2.22. The number of urea groups is 1. The van der Waals surface area contributed by atoms with Gasteiger partial charge in [-0.25, -0.2) is 4.79 Å². The molecule has 3 N–H and O–H groups in total. The number of aromatic nitrogens is 2. The summed E-state index contributed by atoms with van der Waals surface area (Å²) < 4.78 is 10.1. The highest BCUT2D eigenvalue weighted by Crippen LogP contribution is 2.18. The standard InChI is InChI=1S/C15H22N4O4/c1-4-11(14-17-10(3)23-19-14)18-15(21)16-9(2)8-12(20)13-6-5-7-22-13/h5-7,9,11-12,20H,4,8H2,1-3H3,(H2,16,18,21). The number of hydrogen-bond donors (Lipinski definition) is 3. The zero-order valence-electron chi connectivity index (χ0n) is 13.4. The molecule has 2 aromatic rings. The van der Waals surface area contributed by atoms with Gasteiger partial charge in [-0.05, 0) is 25.5 Å². The van der Waals surface area contributed by atoms with Crippen molar-refractivity contribution in [2.24, 2.45) is 0 Å². The number of hydrogen-bond acceptors (Lipinski definition) is 6. The van der Waals surface area contributed by atoms with Crippen molar-refractivity contribution in [1.29, 1.82) is 0 Å². The average molecular weight is 322 g/mol. The summed E-state index contributed by atoms with van der Waals surface area (Å²) >= 11 is 0. The molecule has 2 rings (SSSR count). The monoisotopic (exact) mass is 322 g/mol. The molecule has 0 radical (unpaired) electrons. The summed E-state index contributed by atoms with van der Waals surface area (Å²) in [7, 11) is 0. The van der Waals surface area contributed by atoms with Crippen LogP contribution in [0.15, 0.2) is 27.3 Å². The highest BCUT2D eigenvalue weighted by atomic mass is 16.5. The molecule has 2 heterocycles. The molecular formula is C15H22N4O4. The Balaban J connectivity index is 1.83. The lowest BCUT2D eigenvalue weighted by atomic mass is 10.1. The summed E-state index contributed by atoms with van der Waals surface area (Å²) in [5.41, 5.74) is 0. The Morgan fingerprint density at radius 2 is 2.22 bits per heavy atom. The quantitative estimate of drug-likeness (QED) is 0.720. The molecule has 2 aromatic heterocycles. The van der Waals surface area contributed by atoms with Crippen molar-refractivity contribution < 1.29 is 18.8 Å². The molecule has 0 saturated carbocycles. The van der Waals surface area contributed by atoms with E-state index in [1.165, 1.54) is 6.26 Å². The molecule has 3 unspecified atom stereocenters. The van der Waals surface area contributed by atoms with Crippen LogP contribution in [0, 0.1) is 6.92 Å². The predicted molar refractivity (Wildman–Crippen MR) is 81.5 cm³/mol. The molecule has 0 aromatic carbocycles. The third kappa shape index (κ3) is 4.82. The lowest BCUT2D eigenvalue weighted by Crippen LogP contribution is -2.43. The van der Waals surface area contributed by atoms with Crippen molar-refractivity contribution in [2.45, 2.75) is 51.8 Å². The summed E-state index contributed by atoms with van der Waals surface area (Å²) in [4.78, 5) is 16.2. The van der Waals surface area contributed by atoms with Gasteiger partial charge in [0, 0.05) is 19.4 Å². The number of rotatable bonds is 7. The number of amides is 2. The Kier molecular flexibility index (Phi) is 5.75. The summed E-state index contributed by atoms with van der Waals surface area (Å²) in [6, 6.07) is 2.50. The molecular weight excluding hydrogens is 300 g/mol. The molecule has 0 aliphatic carbocycles.